The number of benzene rings is 2. The van der Waals surface area contributed by atoms with Gasteiger partial charge in [0.05, 0.1) is 6.04 Å². The van der Waals surface area contributed by atoms with Gasteiger partial charge in [-0.2, -0.15) is 0 Å². The topological polar surface area (TPSA) is 38.0 Å². The molecule has 0 aromatic heterocycles. The monoisotopic (exact) mass is 290 g/mol. The Balaban J connectivity index is 2.01. The molecule has 3 N–H and O–H groups in total. The minimum absolute atomic E-state index is 0.0502. The zero-order chi connectivity index (χ0) is 14.4. The van der Waals surface area contributed by atoms with Gasteiger partial charge in [0, 0.05) is 10.6 Å². The number of nitrogens with two attached hydrogens (primary N) is 1. The lowest BCUT2D eigenvalue weighted by atomic mass is 10.1. The van der Waals surface area contributed by atoms with Crippen molar-refractivity contribution in [1.29, 1.82) is 0 Å². The van der Waals surface area contributed by atoms with Crippen LogP contribution in [0.25, 0.3) is 0 Å². The molecule has 0 saturated heterocycles. The van der Waals surface area contributed by atoms with Gasteiger partial charge in [0.2, 0.25) is 0 Å². The van der Waals surface area contributed by atoms with Crippen LogP contribution in [-0.4, -0.2) is 5.75 Å². The summed E-state index contributed by atoms with van der Waals surface area (Å²) in [5.74, 6) is 6.18. The molecule has 0 aliphatic carbocycles. The van der Waals surface area contributed by atoms with Crippen LogP contribution < -0.4 is 11.3 Å². The molecule has 0 radical (unpaired) electrons. The van der Waals surface area contributed by atoms with Gasteiger partial charge in [-0.3, -0.25) is 11.3 Å². The first kappa shape index (κ1) is 15.0. The first-order chi connectivity index (χ1) is 9.72. The van der Waals surface area contributed by atoms with E-state index in [4.69, 9.17) is 5.84 Å². The van der Waals surface area contributed by atoms with Gasteiger partial charge in [0.15, 0.2) is 0 Å². The second kappa shape index (κ2) is 7.43. The van der Waals surface area contributed by atoms with E-state index in [0.717, 1.165) is 22.6 Å². The highest BCUT2D eigenvalue weighted by molar-refractivity contribution is 7.99. The predicted molar refractivity (Wildman–Crippen MR) is 83.0 cm³/mol. The Morgan fingerprint density at radius 1 is 1.20 bits per heavy atom. The number of aryl methyl sites for hydroxylation is 1. The average Bonchev–Trinajstić information content (AvgIpc) is 2.48. The predicted octanol–water partition coefficient (Wildman–Crippen LogP) is 3.68. The fourth-order valence-corrected chi connectivity index (χ4v) is 2.98. The molecule has 1 atom stereocenters. The summed E-state index contributed by atoms with van der Waals surface area (Å²) >= 11 is 1.59. The second-order valence-corrected chi connectivity index (χ2v) is 5.68. The van der Waals surface area contributed by atoms with E-state index >= 15 is 0 Å². The molecule has 0 aliphatic heterocycles. The van der Waals surface area contributed by atoms with Crippen molar-refractivity contribution in [2.75, 3.05) is 5.75 Å². The second-order valence-electron chi connectivity index (χ2n) is 4.58. The minimum atomic E-state index is -0.209. The summed E-state index contributed by atoms with van der Waals surface area (Å²) in [4.78, 5) is 0.912. The van der Waals surface area contributed by atoms with Crippen LogP contribution in [0.1, 0.15) is 24.1 Å². The molecule has 2 aromatic rings. The van der Waals surface area contributed by atoms with Crippen LogP contribution in [0, 0.1) is 5.82 Å². The Morgan fingerprint density at radius 2 is 1.95 bits per heavy atom. The van der Waals surface area contributed by atoms with Crippen molar-refractivity contribution in [1.82, 2.24) is 5.43 Å². The van der Waals surface area contributed by atoms with E-state index in [0.29, 0.717) is 0 Å². The van der Waals surface area contributed by atoms with Gasteiger partial charge < -0.3 is 0 Å². The first-order valence-electron chi connectivity index (χ1n) is 6.66. The van der Waals surface area contributed by atoms with Crippen molar-refractivity contribution in [3.8, 4) is 0 Å². The van der Waals surface area contributed by atoms with Crippen molar-refractivity contribution in [3.05, 3.63) is 65.5 Å². The molecule has 0 fully saturated rings. The maximum absolute atomic E-state index is 13.1. The lowest BCUT2D eigenvalue weighted by Gasteiger charge is -2.16. The number of halogens is 1. The number of hydrogen-bond donors (Lipinski definition) is 2. The Morgan fingerprint density at radius 3 is 2.55 bits per heavy atom. The molecule has 4 heteroatoms. The summed E-state index contributed by atoms with van der Waals surface area (Å²) in [6, 6.07) is 15.1. The van der Waals surface area contributed by atoms with Gasteiger partial charge in [-0.05, 0) is 35.7 Å². The van der Waals surface area contributed by atoms with E-state index in [1.54, 1.807) is 23.9 Å². The van der Waals surface area contributed by atoms with Gasteiger partial charge in [-0.25, -0.2) is 4.39 Å². The average molecular weight is 290 g/mol. The summed E-state index contributed by atoms with van der Waals surface area (Å²) in [7, 11) is 0. The Hall–Kier alpha value is -1.36. The highest BCUT2D eigenvalue weighted by atomic mass is 32.2. The van der Waals surface area contributed by atoms with Crippen LogP contribution in [0.5, 0.6) is 0 Å². The van der Waals surface area contributed by atoms with Crippen molar-refractivity contribution < 1.29 is 4.39 Å². The third kappa shape index (κ3) is 4.07. The maximum Gasteiger partial charge on any atom is 0.124 e. The highest BCUT2D eigenvalue weighted by Crippen LogP contribution is 2.25. The lowest BCUT2D eigenvalue weighted by Crippen LogP contribution is -2.29. The van der Waals surface area contributed by atoms with Crippen LogP contribution in [0.15, 0.2) is 53.4 Å². The van der Waals surface area contributed by atoms with E-state index in [1.165, 1.54) is 11.6 Å². The third-order valence-electron chi connectivity index (χ3n) is 3.20. The molecule has 106 valence electrons. The largest absolute Gasteiger partial charge is 0.271 e. The molecule has 0 spiro atoms. The number of hydrogen-bond acceptors (Lipinski definition) is 3. The Kier molecular flexibility index (Phi) is 5.59. The van der Waals surface area contributed by atoms with Gasteiger partial charge in [0.25, 0.3) is 0 Å². The number of rotatable bonds is 6. The smallest absolute Gasteiger partial charge is 0.124 e. The molecule has 0 amide bonds. The van der Waals surface area contributed by atoms with Gasteiger partial charge in [-0.1, -0.05) is 37.3 Å². The number of thioether (sulfide) groups is 1. The van der Waals surface area contributed by atoms with E-state index in [1.807, 2.05) is 6.07 Å². The van der Waals surface area contributed by atoms with Crippen LogP contribution in [0.2, 0.25) is 0 Å². The van der Waals surface area contributed by atoms with E-state index in [2.05, 4.69) is 36.6 Å². The van der Waals surface area contributed by atoms with Crippen molar-refractivity contribution in [2.45, 2.75) is 24.3 Å². The molecule has 2 nitrogen and oxygen atoms in total. The van der Waals surface area contributed by atoms with E-state index in [-0.39, 0.29) is 11.9 Å². The Bertz CT molecular complexity index is 542. The number of hydrazine groups is 1. The maximum atomic E-state index is 13.1. The minimum Gasteiger partial charge on any atom is -0.271 e. The molecular formula is C16H19FN2S. The molecule has 0 bridgehead atoms. The highest BCUT2D eigenvalue weighted by Gasteiger charge is 2.10. The molecular weight excluding hydrogens is 271 g/mol. The molecule has 20 heavy (non-hydrogen) atoms. The molecule has 1 unspecified atom stereocenters. The molecule has 0 aliphatic rings. The van der Waals surface area contributed by atoms with Crippen LogP contribution >= 0.6 is 11.8 Å². The molecule has 0 saturated carbocycles. The van der Waals surface area contributed by atoms with Crippen molar-refractivity contribution >= 4 is 11.8 Å². The van der Waals surface area contributed by atoms with Crippen LogP contribution in [0.3, 0.4) is 0 Å². The molecule has 0 heterocycles. The summed E-state index contributed by atoms with van der Waals surface area (Å²) in [6.45, 7) is 2.13. The molecule has 2 aromatic carbocycles. The molecule has 2 rings (SSSR count). The number of nitrogens with one attached hydrogen (secondary N) is 1. The quantitative estimate of drug-likeness (QED) is 0.484. The van der Waals surface area contributed by atoms with Gasteiger partial charge in [0.1, 0.15) is 5.82 Å². The van der Waals surface area contributed by atoms with Gasteiger partial charge >= 0.3 is 0 Å². The zero-order valence-electron chi connectivity index (χ0n) is 11.5. The van der Waals surface area contributed by atoms with Crippen LogP contribution in [-0.2, 0) is 6.42 Å². The summed E-state index contributed by atoms with van der Waals surface area (Å²) in [5, 5.41) is 0. The zero-order valence-corrected chi connectivity index (χ0v) is 12.3. The van der Waals surface area contributed by atoms with E-state index in [9.17, 15) is 4.39 Å². The standard InChI is InChI=1S/C16H19FN2S/c1-2-12-6-8-13(9-7-12)16(19-18)11-20-15-5-3-4-14(17)10-15/h3-10,16,19H,2,11,18H2,1H3. The van der Waals surface area contributed by atoms with Crippen LogP contribution in [0.4, 0.5) is 4.39 Å². The summed E-state index contributed by atoms with van der Waals surface area (Å²) in [5.41, 5.74) is 5.28. The van der Waals surface area contributed by atoms with Gasteiger partial charge in [-0.15, -0.1) is 11.8 Å². The fourth-order valence-electron chi connectivity index (χ4n) is 1.96. The summed E-state index contributed by atoms with van der Waals surface area (Å²) in [6.07, 6.45) is 1.03. The van der Waals surface area contributed by atoms with E-state index < -0.39 is 0 Å². The fraction of sp³-hybridized carbons (Fsp3) is 0.250. The normalized spacial score (nSPS) is 12.3. The van der Waals surface area contributed by atoms with Crippen molar-refractivity contribution in [2.24, 2.45) is 5.84 Å². The lowest BCUT2D eigenvalue weighted by molar-refractivity contribution is 0.610. The van der Waals surface area contributed by atoms with Crippen molar-refractivity contribution in [3.63, 3.8) is 0 Å². The Labute approximate surface area is 123 Å². The third-order valence-corrected chi connectivity index (χ3v) is 4.29. The SMILES string of the molecule is CCc1ccc(C(CSc2cccc(F)c2)NN)cc1. The summed E-state index contributed by atoms with van der Waals surface area (Å²) < 4.78 is 13.1. The first-order valence-corrected chi connectivity index (χ1v) is 7.65.